The van der Waals surface area contributed by atoms with E-state index < -0.39 is 0 Å². The fourth-order valence-electron chi connectivity index (χ4n) is 0.972. The maximum absolute atomic E-state index is 10.9. The molecule has 1 unspecified atom stereocenters. The smallest absolute Gasteiger partial charge is 0.251 e. The molecule has 0 bridgehead atoms. The third-order valence-electron chi connectivity index (χ3n) is 1.80. The monoisotopic (exact) mass is 224 g/mol. The zero-order valence-corrected chi connectivity index (χ0v) is 9.17. The van der Waals surface area contributed by atoms with Crippen molar-refractivity contribution < 1.29 is 0 Å². The van der Waals surface area contributed by atoms with Crippen molar-refractivity contribution >= 4 is 11.8 Å². The molecule has 0 fully saturated rings. The fraction of sp³-hybridized carbons (Fsp3) is 0.444. The summed E-state index contributed by atoms with van der Waals surface area (Å²) in [4.78, 5) is 17.5. The Labute approximate surface area is 91.9 Å². The molecular weight excluding hydrogens is 212 g/mol. The molecule has 5 nitrogen and oxygen atoms in total. The topological polar surface area (TPSA) is 81.6 Å². The summed E-state index contributed by atoms with van der Waals surface area (Å²) in [5.74, 6) is 0.742. The molecule has 2 N–H and O–H groups in total. The average molecular weight is 224 g/mol. The Kier molecular flexibility index (Phi) is 4.87. The van der Waals surface area contributed by atoms with E-state index in [1.807, 2.05) is 0 Å². The number of nitrogens with one attached hydrogen (secondary N) is 2. The van der Waals surface area contributed by atoms with E-state index in [0.717, 1.165) is 12.2 Å². The highest BCUT2D eigenvalue weighted by Crippen LogP contribution is 2.11. The summed E-state index contributed by atoms with van der Waals surface area (Å²) in [7, 11) is 1.75. The summed E-state index contributed by atoms with van der Waals surface area (Å²) in [6, 6.07) is 3.36. The first-order valence-corrected chi connectivity index (χ1v) is 5.50. The number of H-pyrrole nitrogens is 1. The van der Waals surface area contributed by atoms with E-state index in [9.17, 15) is 4.79 Å². The Hall–Kier alpha value is -1.32. The lowest BCUT2D eigenvalue weighted by molar-refractivity contribution is 0.663. The quantitative estimate of drug-likeness (QED) is 0.557. The van der Waals surface area contributed by atoms with Crippen molar-refractivity contribution in [3.63, 3.8) is 0 Å². The molecule has 0 radical (unpaired) electrons. The van der Waals surface area contributed by atoms with Gasteiger partial charge in [-0.1, -0.05) is 11.8 Å². The molecule has 6 heteroatoms. The van der Waals surface area contributed by atoms with Crippen LogP contribution in [-0.2, 0) is 0 Å². The van der Waals surface area contributed by atoms with E-state index >= 15 is 0 Å². The second kappa shape index (κ2) is 6.22. The van der Waals surface area contributed by atoms with Crippen molar-refractivity contribution in [3.8, 4) is 6.07 Å². The normalized spacial score (nSPS) is 12.0. The van der Waals surface area contributed by atoms with Gasteiger partial charge in [0.1, 0.15) is 0 Å². The molecule has 0 aliphatic heterocycles. The molecule has 15 heavy (non-hydrogen) atoms. The Morgan fingerprint density at radius 3 is 3.20 bits per heavy atom. The molecule has 0 aliphatic rings. The first-order chi connectivity index (χ1) is 7.26. The third-order valence-corrected chi connectivity index (χ3v) is 2.72. The van der Waals surface area contributed by atoms with E-state index in [0.29, 0.717) is 5.16 Å². The number of rotatable bonds is 5. The average Bonchev–Trinajstić information content (AvgIpc) is 2.25. The van der Waals surface area contributed by atoms with Crippen LogP contribution in [0.3, 0.4) is 0 Å². The molecule has 1 atom stereocenters. The SMILES string of the molecule is CNC(C#N)CCSc1nccc(=O)[nH]1. The van der Waals surface area contributed by atoms with Gasteiger partial charge >= 0.3 is 0 Å². The van der Waals surface area contributed by atoms with E-state index in [-0.39, 0.29) is 11.6 Å². The molecule has 1 aromatic rings. The molecule has 1 heterocycles. The maximum atomic E-state index is 10.9. The minimum atomic E-state index is -0.155. The Balaban J connectivity index is 2.38. The molecular formula is C9H12N4OS. The van der Waals surface area contributed by atoms with Crippen LogP contribution in [0.2, 0.25) is 0 Å². The number of hydrogen-bond acceptors (Lipinski definition) is 5. The first-order valence-electron chi connectivity index (χ1n) is 4.51. The van der Waals surface area contributed by atoms with Crippen LogP contribution in [0.1, 0.15) is 6.42 Å². The molecule has 0 aromatic carbocycles. The van der Waals surface area contributed by atoms with Gasteiger partial charge in [0.05, 0.1) is 12.1 Å². The van der Waals surface area contributed by atoms with Crippen LogP contribution in [0, 0.1) is 11.3 Å². The van der Waals surface area contributed by atoms with Crippen molar-refractivity contribution in [2.75, 3.05) is 12.8 Å². The van der Waals surface area contributed by atoms with Gasteiger partial charge in [-0.3, -0.25) is 4.79 Å². The Bertz CT molecular complexity index is 398. The lowest BCUT2D eigenvalue weighted by atomic mass is 10.3. The highest BCUT2D eigenvalue weighted by Gasteiger charge is 2.04. The molecule has 0 aliphatic carbocycles. The largest absolute Gasteiger partial charge is 0.305 e. The van der Waals surface area contributed by atoms with Gasteiger partial charge in [-0.2, -0.15) is 5.26 Å². The Morgan fingerprint density at radius 2 is 2.60 bits per heavy atom. The lowest BCUT2D eigenvalue weighted by Gasteiger charge is -2.05. The summed E-state index contributed by atoms with van der Waals surface area (Å²) in [6.07, 6.45) is 2.19. The van der Waals surface area contributed by atoms with Gasteiger partial charge in [-0.15, -0.1) is 0 Å². The molecule has 0 saturated carbocycles. The minimum absolute atomic E-state index is 0.145. The number of nitriles is 1. The molecule has 0 spiro atoms. The second-order valence-corrected chi connectivity index (χ2v) is 3.93. The van der Waals surface area contributed by atoms with Crippen LogP contribution in [-0.4, -0.2) is 28.8 Å². The molecule has 0 saturated heterocycles. The minimum Gasteiger partial charge on any atom is -0.305 e. The van der Waals surface area contributed by atoms with Crippen LogP contribution in [0.4, 0.5) is 0 Å². The highest BCUT2D eigenvalue weighted by atomic mass is 32.2. The number of nitrogens with zero attached hydrogens (tertiary/aromatic N) is 2. The van der Waals surface area contributed by atoms with Crippen LogP contribution in [0.5, 0.6) is 0 Å². The predicted molar refractivity (Wildman–Crippen MR) is 58.7 cm³/mol. The predicted octanol–water partition coefficient (Wildman–Crippen LogP) is 0.364. The maximum Gasteiger partial charge on any atom is 0.251 e. The van der Waals surface area contributed by atoms with Gasteiger partial charge in [0.2, 0.25) is 0 Å². The van der Waals surface area contributed by atoms with Crippen LogP contribution < -0.4 is 10.9 Å². The van der Waals surface area contributed by atoms with Crippen molar-refractivity contribution in [3.05, 3.63) is 22.6 Å². The number of thioether (sulfide) groups is 1. The summed E-state index contributed by atoms with van der Waals surface area (Å²) in [6.45, 7) is 0. The zero-order chi connectivity index (χ0) is 11.1. The van der Waals surface area contributed by atoms with Gasteiger partial charge in [-0.25, -0.2) is 4.98 Å². The fourth-order valence-corrected chi connectivity index (χ4v) is 1.83. The van der Waals surface area contributed by atoms with Crippen molar-refractivity contribution in [1.29, 1.82) is 5.26 Å². The summed E-state index contributed by atoms with van der Waals surface area (Å²) in [5.41, 5.74) is -0.155. The van der Waals surface area contributed by atoms with Gasteiger partial charge in [0, 0.05) is 18.0 Å². The van der Waals surface area contributed by atoms with E-state index in [4.69, 9.17) is 5.26 Å². The standard InChI is InChI=1S/C9H12N4OS/c1-11-7(6-10)3-5-15-9-12-4-2-8(14)13-9/h2,4,7,11H,3,5H2,1H3,(H,12,13,14). The second-order valence-electron chi connectivity index (χ2n) is 2.85. The van der Waals surface area contributed by atoms with Gasteiger partial charge < -0.3 is 10.3 Å². The molecule has 0 amide bonds. The Morgan fingerprint density at radius 1 is 1.80 bits per heavy atom. The lowest BCUT2D eigenvalue weighted by Crippen LogP contribution is -2.23. The molecule has 80 valence electrons. The van der Waals surface area contributed by atoms with E-state index in [1.54, 1.807) is 7.05 Å². The van der Waals surface area contributed by atoms with E-state index in [1.165, 1.54) is 24.0 Å². The van der Waals surface area contributed by atoms with Crippen molar-refractivity contribution in [2.24, 2.45) is 0 Å². The molecule has 1 aromatic heterocycles. The van der Waals surface area contributed by atoms with Crippen molar-refractivity contribution in [1.82, 2.24) is 15.3 Å². The highest BCUT2D eigenvalue weighted by molar-refractivity contribution is 7.99. The number of aromatic nitrogens is 2. The third kappa shape index (κ3) is 4.14. The first kappa shape index (κ1) is 11.8. The van der Waals surface area contributed by atoms with Gasteiger partial charge in [0.15, 0.2) is 5.16 Å². The van der Waals surface area contributed by atoms with E-state index in [2.05, 4.69) is 21.4 Å². The summed E-state index contributed by atoms with van der Waals surface area (Å²) >= 11 is 1.44. The number of hydrogen-bond donors (Lipinski definition) is 2. The van der Waals surface area contributed by atoms with Crippen molar-refractivity contribution in [2.45, 2.75) is 17.6 Å². The van der Waals surface area contributed by atoms with Gasteiger partial charge in [0.25, 0.3) is 5.56 Å². The van der Waals surface area contributed by atoms with Gasteiger partial charge in [-0.05, 0) is 13.5 Å². The van der Waals surface area contributed by atoms with Crippen LogP contribution in [0.25, 0.3) is 0 Å². The zero-order valence-electron chi connectivity index (χ0n) is 8.36. The van der Waals surface area contributed by atoms with Crippen LogP contribution >= 0.6 is 11.8 Å². The summed E-state index contributed by atoms with van der Waals surface area (Å²) < 4.78 is 0. The summed E-state index contributed by atoms with van der Waals surface area (Å²) in [5, 5.41) is 12.1. The molecule has 1 rings (SSSR count). The number of aromatic amines is 1. The van der Waals surface area contributed by atoms with Crippen LogP contribution in [0.15, 0.2) is 22.2 Å².